The SMILES string of the molecule is CCOC(=O)c1ccc(NS(=O)(=O)c2ccc(C)cc2CCCCC(C#N)C(=O)OCC)cc1. The van der Waals surface area contributed by atoms with E-state index in [4.69, 9.17) is 9.47 Å². The zero-order valence-corrected chi connectivity index (χ0v) is 20.5. The fourth-order valence-electron chi connectivity index (χ4n) is 3.41. The van der Waals surface area contributed by atoms with E-state index in [0.717, 1.165) is 5.56 Å². The molecule has 1 N–H and O–H groups in total. The first-order valence-corrected chi connectivity index (χ1v) is 12.7. The van der Waals surface area contributed by atoms with Crippen molar-refractivity contribution in [1.82, 2.24) is 0 Å². The number of hydrogen-bond donors (Lipinski definition) is 1. The summed E-state index contributed by atoms with van der Waals surface area (Å²) in [6.07, 6.45) is 2.01. The second kappa shape index (κ2) is 12.8. The zero-order valence-electron chi connectivity index (χ0n) is 19.7. The maximum atomic E-state index is 13.1. The highest BCUT2D eigenvalue weighted by atomic mass is 32.2. The fourth-order valence-corrected chi connectivity index (χ4v) is 4.72. The van der Waals surface area contributed by atoms with Crippen LogP contribution in [0.5, 0.6) is 0 Å². The number of sulfonamides is 1. The molecule has 0 radical (unpaired) electrons. The van der Waals surface area contributed by atoms with E-state index in [-0.39, 0.29) is 18.1 Å². The van der Waals surface area contributed by atoms with Crippen molar-refractivity contribution >= 4 is 27.6 Å². The first-order chi connectivity index (χ1) is 16.2. The molecule has 0 saturated carbocycles. The summed E-state index contributed by atoms with van der Waals surface area (Å²) in [4.78, 5) is 23.7. The summed E-state index contributed by atoms with van der Waals surface area (Å²) in [5.74, 6) is -1.82. The number of carbonyl (C=O) groups excluding carboxylic acids is 2. The Morgan fingerprint density at radius 2 is 1.71 bits per heavy atom. The van der Waals surface area contributed by atoms with Crippen LogP contribution in [0.4, 0.5) is 5.69 Å². The third-order valence-corrected chi connectivity index (χ3v) is 6.55. The lowest BCUT2D eigenvalue weighted by Crippen LogP contribution is -2.16. The number of rotatable bonds is 12. The summed E-state index contributed by atoms with van der Waals surface area (Å²) < 4.78 is 38.6. The van der Waals surface area contributed by atoms with Crippen molar-refractivity contribution < 1.29 is 27.5 Å². The number of aryl methyl sites for hydroxylation is 2. The van der Waals surface area contributed by atoms with Crippen LogP contribution in [0.2, 0.25) is 0 Å². The fraction of sp³-hybridized carbons (Fsp3) is 0.400. The predicted molar refractivity (Wildman–Crippen MR) is 128 cm³/mol. The largest absolute Gasteiger partial charge is 0.465 e. The molecular formula is C25H30N2O6S. The Morgan fingerprint density at radius 3 is 2.32 bits per heavy atom. The van der Waals surface area contributed by atoms with E-state index in [0.29, 0.717) is 42.5 Å². The first kappa shape index (κ1) is 26.9. The van der Waals surface area contributed by atoms with Crippen LogP contribution < -0.4 is 4.72 Å². The molecule has 2 aromatic rings. The second-order valence-corrected chi connectivity index (χ2v) is 9.34. The molecule has 9 heteroatoms. The molecule has 0 amide bonds. The van der Waals surface area contributed by atoms with Gasteiger partial charge < -0.3 is 9.47 Å². The van der Waals surface area contributed by atoms with Crippen molar-refractivity contribution in [2.45, 2.75) is 51.3 Å². The molecule has 2 rings (SSSR count). The van der Waals surface area contributed by atoms with Crippen molar-refractivity contribution in [2.75, 3.05) is 17.9 Å². The van der Waals surface area contributed by atoms with Crippen molar-refractivity contribution in [2.24, 2.45) is 5.92 Å². The molecule has 0 aliphatic carbocycles. The molecular weight excluding hydrogens is 456 g/mol. The third kappa shape index (κ3) is 7.59. The van der Waals surface area contributed by atoms with E-state index in [1.807, 2.05) is 19.1 Å². The molecule has 0 aromatic heterocycles. The van der Waals surface area contributed by atoms with E-state index in [1.54, 1.807) is 26.0 Å². The Kier molecular flexibility index (Phi) is 10.1. The maximum absolute atomic E-state index is 13.1. The van der Waals surface area contributed by atoms with E-state index in [1.165, 1.54) is 24.3 Å². The monoisotopic (exact) mass is 486 g/mol. The molecule has 1 atom stereocenters. The number of esters is 2. The molecule has 0 spiro atoms. The van der Waals surface area contributed by atoms with Crippen LogP contribution in [-0.4, -0.2) is 33.6 Å². The third-order valence-electron chi connectivity index (χ3n) is 5.07. The molecule has 0 bridgehead atoms. The highest BCUT2D eigenvalue weighted by Crippen LogP contribution is 2.24. The van der Waals surface area contributed by atoms with Crippen LogP contribution in [-0.2, 0) is 30.7 Å². The quantitative estimate of drug-likeness (QED) is 0.349. The van der Waals surface area contributed by atoms with Crippen LogP contribution in [0.25, 0.3) is 0 Å². The van der Waals surface area contributed by atoms with E-state index in [9.17, 15) is 23.3 Å². The molecule has 8 nitrogen and oxygen atoms in total. The van der Waals surface area contributed by atoms with Crippen molar-refractivity contribution in [3.63, 3.8) is 0 Å². The van der Waals surface area contributed by atoms with Gasteiger partial charge in [-0.1, -0.05) is 24.1 Å². The normalized spacial score (nSPS) is 11.8. The summed E-state index contributed by atoms with van der Waals surface area (Å²) in [5.41, 5.74) is 2.24. The van der Waals surface area contributed by atoms with Gasteiger partial charge in [-0.05, 0) is 75.9 Å². The number of nitrogens with one attached hydrogen (secondary N) is 1. The number of anilines is 1. The number of carbonyl (C=O) groups is 2. The zero-order chi connectivity index (χ0) is 25.1. The Labute approximate surface area is 200 Å². The number of unbranched alkanes of at least 4 members (excludes halogenated alkanes) is 1. The highest BCUT2D eigenvalue weighted by molar-refractivity contribution is 7.92. The van der Waals surface area contributed by atoms with Gasteiger partial charge in [-0.2, -0.15) is 5.26 Å². The Balaban J connectivity index is 2.10. The summed E-state index contributed by atoms with van der Waals surface area (Å²) in [6, 6.07) is 13.1. The molecule has 0 fully saturated rings. The van der Waals surface area contributed by atoms with Gasteiger partial charge in [-0.15, -0.1) is 0 Å². The molecule has 34 heavy (non-hydrogen) atoms. The molecule has 0 aliphatic heterocycles. The van der Waals surface area contributed by atoms with Crippen LogP contribution >= 0.6 is 0 Å². The van der Waals surface area contributed by atoms with E-state index < -0.39 is 27.9 Å². The molecule has 182 valence electrons. The Hall–Kier alpha value is -3.38. The van der Waals surface area contributed by atoms with Crippen LogP contribution in [0.15, 0.2) is 47.4 Å². The van der Waals surface area contributed by atoms with Gasteiger partial charge in [0.05, 0.1) is 29.7 Å². The smallest absolute Gasteiger partial charge is 0.338 e. The summed E-state index contributed by atoms with van der Waals surface area (Å²) in [7, 11) is -3.88. The minimum absolute atomic E-state index is 0.162. The van der Waals surface area contributed by atoms with Gasteiger partial charge in [0.15, 0.2) is 0 Å². The number of nitriles is 1. The van der Waals surface area contributed by atoms with Crippen LogP contribution in [0, 0.1) is 24.2 Å². The molecule has 0 saturated heterocycles. The average Bonchev–Trinajstić information content (AvgIpc) is 2.79. The van der Waals surface area contributed by atoms with Gasteiger partial charge in [-0.25, -0.2) is 13.2 Å². The van der Waals surface area contributed by atoms with Gasteiger partial charge in [0.1, 0.15) is 5.92 Å². The Morgan fingerprint density at radius 1 is 1.03 bits per heavy atom. The number of ether oxygens (including phenoxy) is 2. The molecule has 0 heterocycles. The summed E-state index contributed by atoms with van der Waals surface area (Å²) in [6.45, 7) is 5.76. The number of hydrogen-bond acceptors (Lipinski definition) is 7. The maximum Gasteiger partial charge on any atom is 0.338 e. The summed E-state index contributed by atoms with van der Waals surface area (Å²) >= 11 is 0. The molecule has 1 unspecified atom stereocenters. The number of nitrogens with zero attached hydrogens (tertiary/aromatic N) is 1. The van der Waals surface area contributed by atoms with E-state index >= 15 is 0 Å². The van der Waals surface area contributed by atoms with Gasteiger partial charge in [-0.3, -0.25) is 9.52 Å². The minimum atomic E-state index is -3.88. The van der Waals surface area contributed by atoms with Gasteiger partial charge in [0, 0.05) is 5.69 Å². The van der Waals surface area contributed by atoms with Crippen LogP contribution in [0.3, 0.4) is 0 Å². The average molecular weight is 487 g/mol. The summed E-state index contributed by atoms with van der Waals surface area (Å²) in [5, 5.41) is 9.18. The topological polar surface area (TPSA) is 123 Å². The highest BCUT2D eigenvalue weighted by Gasteiger charge is 2.21. The Bertz CT molecular complexity index is 1140. The standard InChI is InChI=1S/C25H30N2O6S/c1-4-32-24(28)19-11-13-22(14-12-19)27-34(30,31)23-15-10-18(3)16-20(23)8-6-7-9-21(17-26)25(29)33-5-2/h10-16,21,27H,4-9H2,1-3H3. The van der Waals surface area contributed by atoms with Crippen molar-refractivity contribution in [3.05, 3.63) is 59.2 Å². The first-order valence-electron chi connectivity index (χ1n) is 11.2. The van der Waals surface area contributed by atoms with Crippen molar-refractivity contribution in [1.29, 1.82) is 5.26 Å². The van der Waals surface area contributed by atoms with Gasteiger partial charge in [0.2, 0.25) is 0 Å². The lowest BCUT2D eigenvalue weighted by atomic mass is 10.00. The van der Waals surface area contributed by atoms with Gasteiger partial charge in [0.25, 0.3) is 10.0 Å². The second-order valence-electron chi connectivity index (χ2n) is 7.69. The molecule has 2 aromatic carbocycles. The molecule has 0 aliphatic rings. The van der Waals surface area contributed by atoms with Crippen LogP contribution in [0.1, 0.15) is 54.6 Å². The lowest BCUT2D eigenvalue weighted by molar-refractivity contribution is -0.146. The van der Waals surface area contributed by atoms with Gasteiger partial charge >= 0.3 is 11.9 Å². The van der Waals surface area contributed by atoms with E-state index in [2.05, 4.69) is 4.72 Å². The predicted octanol–water partition coefficient (Wildman–Crippen LogP) is 4.39. The number of benzene rings is 2. The lowest BCUT2D eigenvalue weighted by Gasteiger charge is -2.14. The minimum Gasteiger partial charge on any atom is -0.465 e. The van der Waals surface area contributed by atoms with Crippen molar-refractivity contribution in [3.8, 4) is 6.07 Å².